The molecule has 4 heteroatoms. The van der Waals surface area contributed by atoms with E-state index in [0.29, 0.717) is 11.4 Å². The molecule has 2 rings (SSSR count). The number of thiophene rings is 1. The summed E-state index contributed by atoms with van der Waals surface area (Å²) in [4.78, 5) is 1.17. The summed E-state index contributed by atoms with van der Waals surface area (Å²) in [5, 5.41) is 12.8. The summed E-state index contributed by atoms with van der Waals surface area (Å²) >= 11 is 11.0. The van der Waals surface area contributed by atoms with Crippen molar-refractivity contribution in [2.75, 3.05) is 0 Å². The minimum Gasteiger partial charge on any atom is -0.388 e. The molecule has 0 aliphatic rings. The Balaban J connectivity index is 2.20. The highest BCUT2D eigenvalue weighted by molar-refractivity contribution is 9.10. The number of aliphatic hydroxyl groups is 1. The highest BCUT2D eigenvalue weighted by Gasteiger charge is 2.13. The average Bonchev–Trinajstić information content (AvgIpc) is 2.74. The molecule has 0 amide bonds. The molecule has 0 radical (unpaired) electrons. The van der Waals surface area contributed by atoms with Crippen LogP contribution < -0.4 is 0 Å². The molecule has 16 heavy (non-hydrogen) atoms. The summed E-state index contributed by atoms with van der Waals surface area (Å²) in [6, 6.07) is 9.46. The van der Waals surface area contributed by atoms with Crippen LogP contribution in [0.4, 0.5) is 0 Å². The van der Waals surface area contributed by atoms with Gasteiger partial charge in [0.1, 0.15) is 0 Å². The van der Waals surface area contributed by atoms with E-state index in [-0.39, 0.29) is 0 Å². The third kappa shape index (κ3) is 2.86. The smallest absolute Gasteiger partial charge is 0.0849 e. The van der Waals surface area contributed by atoms with E-state index in [1.165, 1.54) is 4.88 Å². The lowest BCUT2D eigenvalue weighted by Gasteiger charge is -2.12. The quantitative estimate of drug-likeness (QED) is 0.887. The van der Waals surface area contributed by atoms with E-state index in [1.807, 2.05) is 23.6 Å². The van der Waals surface area contributed by atoms with E-state index in [2.05, 4.69) is 15.9 Å². The van der Waals surface area contributed by atoms with Crippen molar-refractivity contribution in [1.82, 2.24) is 0 Å². The van der Waals surface area contributed by atoms with Gasteiger partial charge in [-0.15, -0.1) is 11.3 Å². The molecule has 0 fully saturated rings. The fourth-order valence-corrected chi connectivity index (χ4v) is 2.93. The van der Waals surface area contributed by atoms with E-state index in [0.717, 1.165) is 10.0 Å². The number of hydrogen-bond donors (Lipinski definition) is 1. The highest BCUT2D eigenvalue weighted by atomic mass is 79.9. The zero-order chi connectivity index (χ0) is 11.5. The summed E-state index contributed by atoms with van der Waals surface area (Å²) in [7, 11) is 0. The molecular weight excluding hydrogens is 308 g/mol. The third-order valence-corrected chi connectivity index (χ3v) is 4.15. The number of benzene rings is 1. The second kappa shape index (κ2) is 5.32. The molecule has 0 bridgehead atoms. The second-order valence-corrected chi connectivity index (χ2v) is 5.79. The van der Waals surface area contributed by atoms with E-state index >= 15 is 0 Å². The van der Waals surface area contributed by atoms with E-state index < -0.39 is 6.10 Å². The van der Waals surface area contributed by atoms with Crippen LogP contribution in [0.15, 0.2) is 40.2 Å². The molecule has 84 valence electrons. The maximum Gasteiger partial charge on any atom is 0.0849 e. The lowest BCUT2D eigenvalue weighted by molar-refractivity contribution is 0.178. The van der Waals surface area contributed by atoms with Gasteiger partial charge in [-0.2, -0.15) is 0 Å². The van der Waals surface area contributed by atoms with E-state index in [9.17, 15) is 5.11 Å². The van der Waals surface area contributed by atoms with Crippen LogP contribution >= 0.6 is 38.9 Å². The lowest BCUT2D eigenvalue weighted by atomic mass is 10.1. The molecule has 0 spiro atoms. The second-order valence-electron chi connectivity index (χ2n) is 3.47. The lowest BCUT2D eigenvalue weighted by Crippen LogP contribution is -2.01. The van der Waals surface area contributed by atoms with E-state index in [4.69, 9.17) is 11.6 Å². The minimum absolute atomic E-state index is 0.522. The fraction of sp³-hybridized carbons (Fsp3) is 0.167. The summed E-state index contributed by atoms with van der Waals surface area (Å²) in [6.45, 7) is 0. The van der Waals surface area contributed by atoms with Crippen LogP contribution in [0.5, 0.6) is 0 Å². The van der Waals surface area contributed by atoms with Gasteiger partial charge < -0.3 is 5.11 Å². The van der Waals surface area contributed by atoms with Gasteiger partial charge in [0.25, 0.3) is 0 Å². The normalized spacial score (nSPS) is 12.7. The molecule has 1 unspecified atom stereocenters. The fourth-order valence-electron chi connectivity index (χ4n) is 1.50. The summed E-state index contributed by atoms with van der Waals surface area (Å²) in [5.41, 5.74) is 0.834. The van der Waals surface area contributed by atoms with Crippen molar-refractivity contribution in [1.29, 1.82) is 0 Å². The van der Waals surface area contributed by atoms with Gasteiger partial charge in [0.05, 0.1) is 6.10 Å². The maximum absolute atomic E-state index is 10.1. The number of halogens is 2. The Morgan fingerprint density at radius 3 is 2.88 bits per heavy atom. The van der Waals surface area contributed by atoms with Gasteiger partial charge in [-0.3, -0.25) is 0 Å². The number of hydrogen-bond acceptors (Lipinski definition) is 2. The zero-order valence-corrected chi connectivity index (χ0v) is 11.5. The molecule has 2 aromatic rings. The predicted octanol–water partition coefficient (Wildman–Crippen LogP) is 4.44. The minimum atomic E-state index is -0.522. The Morgan fingerprint density at radius 2 is 2.19 bits per heavy atom. The summed E-state index contributed by atoms with van der Waals surface area (Å²) in [5.74, 6) is 0. The molecule has 1 aromatic heterocycles. The Bertz CT molecular complexity index is 470. The Labute approximate surface area is 112 Å². The van der Waals surface area contributed by atoms with Crippen molar-refractivity contribution in [2.24, 2.45) is 0 Å². The van der Waals surface area contributed by atoms with Crippen molar-refractivity contribution in [3.8, 4) is 0 Å². The van der Waals surface area contributed by atoms with Crippen LogP contribution in [0.1, 0.15) is 16.5 Å². The number of aliphatic hydroxyl groups excluding tert-OH is 1. The van der Waals surface area contributed by atoms with Gasteiger partial charge in [0, 0.05) is 20.8 Å². The van der Waals surface area contributed by atoms with Crippen molar-refractivity contribution >= 4 is 38.9 Å². The van der Waals surface area contributed by atoms with Crippen LogP contribution in [0.2, 0.25) is 5.02 Å². The topological polar surface area (TPSA) is 20.2 Å². The molecule has 0 aliphatic carbocycles. The molecular formula is C12H10BrClOS. The highest BCUT2D eigenvalue weighted by Crippen LogP contribution is 2.29. The first-order valence-corrected chi connectivity index (χ1v) is 6.87. The molecule has 1 N–H and O–H groups in total. The first-order chi connectivity index (χ1) is 7.66. The van der Waals surface area contributed by atoms with Crippen LogP contribution in [0.25, 0.3) is 0 Å². The summed E-state index contributed by atoms with van der Waals surface area (Å²) in [6.07, 6.45) is 0.100. The van der Waals surface area contributed by atoms with Gasteiger partial charge in [0.15, 0.2) is 0 Å². The van der Waals surface area contributed by atoms with Crippen LogP contribution in [-0.2, 0) is 6.42 Å². The molecule has 1 heterocycles. The molecule has 1 nitrogen and oxygen atoms in total. The van der Waals surface area contributed by atoms with Gasteiger partial charge in [-0.25, -0.2) is 0 Å². The largest absolute Gasteiger partial charge is 0.388 e. The van der Waals surface area contributed by atoms with Crippen molar-refractivity contribution in [3.63, 3.8) is 0 Å². The monoisotopic (exact) mass is 316 g/mol. The third-order valence-electron chi connectivity index (χ3n) is 2.29. The molecule has 1 aromatic carbocycles. The molecule has 1 atom stereocenters. The first kappa shape index (κ1) is 12.1. The average molecular weight is 318 g/mol. The van der Waals surface area contributed by atoms with Gasteiger partial charge in [-0.1, -0.05) is 33.6 Å². The van der Waals surface area contributed by atoms with Crippen molar-refractivity contribution in [3.05, 3.63) is 55.6 Å². The summed E-state index contributed by atoms with van der Waals surface area (Å²) < 4.78 is 0.890. The van der Waals surface area contributed by atoms with Gasteiger partial charge in [0.2, 0.25) is 0 Å². The van der Waals surface area contributed by atoms with Crippen LogP contribution in [0.3, 0.4) is 0 Å². The Morgan fingerprint density at radius 1 is 1.38 bits per heavy atom. The van der Waals surface area contributed by atoms with Crippen molar-refractivity contribution in [2.45, 2.75) is 12.5 Å². The molecule has 0 aliphatic heterocycles. The molecule has 0 saturated carbocycles. The maximum atomic E-state index is 10.1. The van der Waals surface area contributed by atoms with Crippen LogP contribution in [0, 0.1) is 0 Å². The SMILES string of the molecule is OC(Cc1cccs1)c1cc(Cl)ccc1Br. The Kier molecular flexibility index (Phi) is 4.03. The standard InChI is InChI=1S/C12H10BrClOS/c13-11-4-3-8(14)6-10(11)12(15)7-9-2-1-5-16-9/h1-6,12,15H,7H2. The predicted molar refractivity (Wildman–Crippen MR) is 72.1 cm³/mol. The van der Waals surface area contributed by atoms with E-state index in [1.54, 1.807) is 23.5 Å². The van der Waals surface area contributed by atoms with Gasteiger partial charge >= 0.3 is 0 Å². The van der Waals surface area contributed by atoms with Gasteiger partial charge in [-0.05, 0) is 35.2 Å². The van der Waals surface area contributed by atoms with Crippen LogP contribution in [-0.4, -0.2) is 5.11 Å². The Hall–Kier alpha value is -0.350. The zero-order valence-electron chi connectivity index (χ0n) is 8.36. The first-order valence-electron chi connectivity index (χ1n) is 4.82. The van der Waals surface area contributed by atoms with Crippen molar-refractivity contribution < 1.29 is 5.11 Å². The molecule has 0 saturated heterocycles. The number of rotatable bonds is 3.